The van der Waals surface area contributed by atoms with Gasteiger partial charge in [-0.1, -0.05) is 0 Å². The number of rotatable bonds is 1. The van der Waals surface area contributed by atoms with Crippen LogP contribution in [0, 0.1) is 5.92 Å². The number of ether oxygens (including phenoxy) is 1. The van der Waals surface area contributed by atoms with Crippen molar-refractivity contribution in [2.24, 2.45) is 5.92 Å². The van der Waals surface area contributed by atoms with Gasteiger partial charge in [0.05, 0.1) is 6.61 Å². The van der Waals surface area contributed by atoms with Gasteiger partial charge in [0.25, 0.3) is 0 Å². The molecule has 1 amide bonds. The van der Waals surface area contributed by atoms with E-state index in [-0.39, 0.29) is 19.6 Å². The van der Waals surface area contributed by atoms with Crippen molar-refractivity contribution in [3.63, 3.8) is 0 Å². The first-order valence-electron chi connectivity index (χ1n) is 5.56. The Morgan fingerprint density at radius 3 is 2.69 bits per heavy atom. The van der Waals surface area contributed by atoms with Crippen molar-refractivity contribution in [2.45, 2.75) is 39.0 Å². The molecule has 5 heteroatoms. The van der Waals surface area contributed by atoms with Crippen molar-refractivity contribution in [1.82, 2.24) is 4.90 Å². The number of carbonyl (C=O) groups excluding carboxylic acids is 1. The van der Waals surface area contributed by atoms with Gasteiger partial charge in [0, 0.05) is 19.0 Å². The maximum absolute atomic E-state index is 13.3. The average Bonchev–Trinajstić information content (AvgIpc) is 2.15. The second-order valence-corrected chi connectivity index (χ2v) is 5.17. The second kappa shape index (κ2) is 4.99. The first-order valence-corrected chi connectivity index (χ1v) is 5.56. The molecule has 0 spiro atoms. The summed E-state index contributed by atoms with van der Waals surface area (Å²) in [4.78, 5) is 13.1. The highest BCUT2D eigenvalue weighted by Gasteiger charge is 2.32. The van der Waals surface area contributed by atoms with Gasteiger partial charge >= 0.3 is 6.09 Å². The number of amides is 1. The quantitative estimate of drug-likeness (QED) is 0.748. The zero-order valence-corrected chi connectivity index (χ0v) is 10.1. The van der Waals surface area contributed by atoms with Crippen LogP contribution in [0.1, 0.15) is 27.2 Å². The Labute approximate surface area is 95.4 Å². The van der Waals surface area contributed by atoms with Crippen LogP contribution in [-0.4, -0.2) is 47.6 Å². The first kappa shape index (κ1) is 13.2. The molecule has 2 atom stereocenters. The summed E-state index contributed by atoms with van der Waals surface area (Å²) in [5, 5.41) is 8.97. The number of aliphatic hydroxyl groups excluding tert-OH is 1. The van der Waals surface area contributed by atoms with Crippen molar-refractivity contribution in [2.75, 3.05) is 19.7 Å². The Bertz CT molecular complexity index is 252. The number of piperidine rings is 1. The van der Waals surface area contributed by atoms with Crippen LogP contribution in [0.2, 0.25) is 0 Å². The molecular weight excluding hydrogens is 213 g/mol. The summed E-state index contributed by atoms with van der Waals surface area (Å²) in [6.45, 7) is 5.71. The third-order valence-electron chi connectivity index (χ3n) is 2.53. The molecule has 0 unspecified atom stereocenters. The summed E-state index contributed by atoms with van der Waals surface area (Å²) in [5.41, 5.74) is -0.543. The summed E-state index contributed by atoms with van der Waals surface area (Å²) < 4.78 is 18.5. The average molecular weight is 233 g/mol. The van der Waals surface area contributed by atoms with Gasteiger partial charge in [-0.3, -0.25) is 0 Å². The van der Waals surface area contributed by atoms with E-state index >= 15 is 0 Å². The Balaban J connectivity index is 2.52. The Kier molecular flexibility index (Phi) is 4.13. The number of nitrogens with zero attached hydrogens (tertiary/aromatic N) is 1. The minimum Gasteiger partial charge on any atom is -0.444 e. The molecule has 0 radical (unpaired) electrons. The van der Waals surface area contributed by atoms with Gasteiger partial charge in [-0.05, 0) is 27.2 Å². The Morgan fingerprint density at radius 1 is 1.56 bits per heavy atom. The molecular formula is C11H20FNO3. The second-order valence-electron chi connectivity index (χ2n) is 5.17. The summed E-state index contributed by atoms with van der Waals surface area (Å²) >= 11 is 0. The molecule has 1 heterocycles. The summed E-state index contributed by atoms with van der Waals surface area (Å²) in [7, 11) is 0. The molecule has 0 aromatic rings. The zero-order chi connectivity index (χ0) is 12.3. The van der Waals surface area contributed by atoms with Crippen LogP contribution in [-0.2, 0) is 4.74 Å². The van der Waals surface area contributed by atoms with Gasteiger partial charge in [0.15, 0.2) is 0 Å². The van der Waals surface area contributed by atoms with E-state index in [4.69, 9.17) is 9.84 Å². The van der Waals surface area contributed by atoms with Gasteiger partial charge in [-0.2, -0.15) is 0 Å². The SMILES string of the molecule is CC(C)(C)OC(=O)N1CC[C@@H](F)[C@H](CO)C1. The highest BCUT2D eigenvalue weighted by atomic mass is 19.1. The van der Waals surface area contributed by atoms with Crippen molar-refractivity contribution < 1.29 is 19.0 Å². The van der Waals surface area contributed by atoms with Crippen molar-refractivity contribution in [1.29, 1.82) is 0 Å². The van der Waals surface area contributed by atoms with E-state index in [2.05, 4.69) is 0 Å². The fourth-order valence-electron chi connectivity index (χ4n) is 1.67. The Morgan fingerprint density at radius 2 is 2.19 bits per heavy atom. The molecule has 1 saturated heterocycles. The Hall–Kier alpha value is -0.840. The first-order chi connectivity index (χ1) is 7.33. The van der Waals surface area contributed by atoms with Crippen LogP contribution in [0.3, 0.4) is 0 Å². The highest BCUT2D eigenvalue weighted by Crippen LogP contribution is 2.21. The van der Waals surface area contributed by atoms with Crippen molar-refractivity contribution in [3.05, 3.63) is 0 Å². The van der Waals surface area contributed by atoms with Gasteiger partial charge in [-0.15, -0.1) is 0 Å². The standard InChI is InChI=1S/C11H20FNO3/c1-11(2,3)16-10(15)13-5-4-9(12)8(6-13)7-14/h8-9,14H,4-7H2,1-3H3/t8-,9+/m0/s1. The van der Waals surface area contributed by atoms with E-state index in [1.807, 2.05) is 0 Å². The molecule has 0 saturated carbocycles. The smallest absolute Gasteiger partial charge is 0.410 e. The third kappa shape index (κ3) is 3.63. The number of hydrogen-bond donors (Lipinski definition) is 1. The van der Waals surface area contributed by atoms with Crippen LogP contribution in [0.4, 0.5) is 9.18 Å². The normalized spacial score (nSPS) is 26.7. The predicted molar refractivity (Wildman–Crippen MR) is 57.9 cm³/mol. The number of aliphatic hydroxyl groups is 1. The fraction of sp³-hybridized carbons (Fsp3) is 0.909. The number of hydrogen-bond acceptors (Lipinski definition) is 3. The van der Waals surface area contributed by atoms with Crippen LogP contribution in [0.5, 0.6) is 0 Å². The van der Waals surface area contributed by atoms with Gasteiger partial charge in [0.2, 0.25) is 0 Å². The van der Waals surface area contributed by atoms with E-state index < -0.39 is 23.8 Å². The topological polar surface area (TPSA) is 49.8 Å². The van der Waals surface area contributed by atoms with Crippen LogP contribution in [0.25, 0.3) is 0 Å². The molecule has 1 aliphatic heterocycles. The number of carbonyl (C=O) groups is 1. The maximum atomic E-state index is 13.3. The van der Waals surface area contributed by atoms with Crippen molar-refractivity contribution in [3.8, 4) is 0 Å². The molecule has 0 aromatic heterocycles. The summed E-state index contributed by atoms with van der Waals surface area (Å²) in [6.07, 6.45) is -1.19. The third-order valence-corrected chi connectivity index (χ3v) is 2.53. The minimum absolute atomic E-state index is 0.229. The van der Waals surface area contributed by atoms with E-state index in [1.165, 1.54) is 4.90 Å². The lowest BCUT2D eigenvalue weighted by atomic mass is 9.97. The molecule has 94 valence electrons. The number of halogens is 1. The summed E-state index contributed by atoms with van der Waals surface area (Å²) in [5.74, 6) is -0.485. The van der Waals surface area contributed by atoms with E-state index in [0.717, 1.165) is 0 Å². The predicted octanol–water partition coefficient (Wildman–Crippen LogP) is 1.57. The molecule has 0 aromatic carbocycles. The van der Waals surface area contributed by atoms with Crippen LogP contribution < -0.4 is 0 Å². The monoisotopic (exact) mass is 233 g/mol. The largest absolute Gasteiger partial charge is 0.444 e. The molecule has 0 aliphatic carbocycles. The maximum Gasteiger partial charge on any atom is 0.410 e. The molecule has 1 aliphatic rings. The van der Waals surface area contributed by atoms with Crippen LogP contribution in [0.15, 0.2) is 0 Å². The van der Waals surface area contributed by atoms with E-state index in [1.54, 1.807) is 20.8 Å². The molecule has 0 bridgehead atoms. The van der Waals surface area contributed by atoms with E-state index in [9.17, 15) is 9.18 Å². The van der Waals surface area contributed by atoms with Gasteiger partial charge in [0.1, 0.15) is 11.8 Å². The van der Waals surface area contributed by atoms with Gasteiger partial charge < -0.3 is 14.7 Å². The minimum atomic E-state index is -1.02. The lowest BCUT2D eigenvalue weighted by Gasteiger charge is -2.35. The zero-order valence-electron chi connectivity index (χ0n) is 10.1. The number of alkyl halides is 1. The lowest BCUT2D eigenvalue weighted by Crippen LogP contribution is -2.47. The van der Waals surface area contributed by atoms with Crippen LogP contribution >= 0.6 is 0 Å². The van der Waals surface area contributed by atoms with E-state index in [0.29, 0.717) is 6.54 Å². The highest BCUT2D eigenvalue weighted by molar-refractivity contribution is 5.68. The fourth-order valence-corrected chi connectivity index (χ4v) is 1.67. The number of likely N-dealkylation sites (tertiary alicyclic amines) is 1. The molecule has 1 fully saturated rings. The van der Waals surface area contributed by atoms with Crippen molar-refractivity contribution >= 4 is 6.09 Å². The molecule has 16 heavy (non-hydrogen) atoms. The van der Waals surface area contributed by atoms with Gasteiger partial charge in [-0.25, -0.2) is 9.18 Å². The summed E-state index contributed by atoms with van der Waals surface area (Å²) in [6, 6.07) is 0. The molecule has 1 rings (SSSR count). The lowest BCUT2D eigenvalue weighted by molar-refractivity contribution is -0.000695. The molecule has 1 N–H and O–H groups in total. The molecule has 4 nitrogen and oxygen atoms in total.